The van der Waals surface area contributed by atoms with Crippen LogP contribution in [0.5, 0.6) is 0 Å². The molecule has 0 spiro atoms. The molecule has 0 fully saturated rings. The number of para-hydroxylation sites is 1. The summed E-state index contributed by atoms with van der Waals surface area (Å²) in [6.45, 7) is 4.16. The van der Waals surface area contributed by atoms with Crippen LogP contribution in [0.15, 0.2) is 29.3 Å². The van der Waals surface area contributed by atoms with Gasteiger partial charge in [-0.3, -0.25) is 14.3 Å². The molecule has 1 amide bonds. The monoisotopic (exact) mass is 376 g/mol. The zero-order chi connectivity index (χ0) is 18.8. The standard InChI is InChI=1S/C17H17FN4O3S/c1-4-22-10(2)8-12(20-22)16(24)19-17-21(9-14(23)25-3)15-11(18)6-5-7-13(15)26-17/h5-8H,4,9H2,1-3H3. The van der Waals surface area contributed by atoms with Crippen molar-refractivity contribution in [3.8, 4) is 0 Å². The zero-order valence-electron chi connectivity index (χ0n) is 14.5. The lowest BCUT2D eigenvalue weighted by Crippen LogP contribution is -2.23. The third-order valence-electron chi connectivity index (χ3n) is 3.86. The number of fused-ring (bicyclic) bond motifs is 1. The van der Waals surface area contributed by atoms with Crippen LogP contribution in [0.1, 0.15) is 23.1 Å². The number of methoxy groups -OCH3 is 1. The second-order valence-electron chi connectivity index (χ2n) is 5.54. The first kappa shape index (κ1) is 18.0. The van der Waals surface area contributed by atoms with Crippen molar-refractivity contribution in [1.29, 1.82) is 0 Å². The molecule has 0 saturated carbocycles. The van der Waals surface area contributed by atoms with E-state index in [0.717, 1.165) is 17.0 Å². The van der Waals surface area contributed by atoms with Gasteiger partial charge in [-0.15, -0.1) is 0 Å². The van der Waals surface area contributed by atoms with E-state index in [2.05, 4.69) is 14.8 Å². The van der Waals surface area contributed by atoms with Crippen LogP contribution in [0.3, 0.4) is 0 Å². The number of ether oxygens (including phenoxy) is 1. The molecule has 7 nitrogen and oxygen atoms in total. The largest absolute Gasteiger partial charge is 0.468 e. The maximum absolute atomic E-state index is 14.3. The molecule has 26 heavy (non-hydrogen) atoms. The second-order valence-corrected chi connectivity index (χ2v) is 6.55. The Kier molecular flexibility index (Phi) is 4.99. The number of amides is 1. The van der Waals surface area contributed by atoms with Crippen LogP contribution in [-0.2, 0) is 22.6 Å². The van der Waals surface area contributed by atoms with Crippen LogP contribution in [-0.4, -0.2) is 33.3 Å². The summed E-state index contributed by atoms with van der Waals surface area (Å²) in [7, 11) is 1.25. The molecule has 1 aromatic carbocycles. The molecule has 2 aromatic heterocycles. The van der Waals surface area contributed by atoms with Crippen LogP contribution in [0, 0.1) is 12.7 Å². The van der Waals surface area contributed by atoms with Crippen LogP contribution in [0.25, 0.3) is 10.2 Å². The van der Waals surface area contributed by atoms with Gasteiger partial charge in [-0.2, -0.15) is 10.1 Å². The zero-order valence-corrected chi connectivity index (χ0v) is 15.3. The number of hydrogen-bond acceptors (Lipinski definition) is 5. The fourth-order valence-electron chi connectivity index (χ4n) is 2.59. The van der Waals surface area contributed by atoms with E-state index < -0.39 is 17.7 Å². The number of aryl methyl sites for hydroxylation is 2. The molecule has 0 saturated heterocycles. The van der Waals surface area contributed by atoms with E-state index in [1.165, 1.54) is 17.7 Å². The van der Waals surface area contributed by atoms with E-state index >= 15 is 0 Å². The van der Waals surface area contributed by atoms with Crippen molar-refractivity contribution in [1.82, 2.24) is 14.3 Å². The van der Waals surface area contributed by atoms with Crippen molar-refractivity contribution in [3.05, 3.63) is 46.3 Å². The number of benzene rings is 1. The molecule has 0 radical (unpaired) electrons. The number of rotatable bonds is 4. The van der Waals surface area contributed by atoms with E-state index in [0.29, 0.717) is 11.2 Å². The van der Waals surface area contributed by atoms with Crippen molar-refractivity contribution in [2.75, 3.05) is 7.11 Å². The van der Waals surface area contributed by atoms with Gasteiger partial charge in [-0.25, -0.2) is 4.39 Å². The first-order chi connectivity index (χ1) is 12.4. The van der Waals surface area contributed by atoms with Gasteiger partial charge in [0.25, 0.3) is 5.91 Å². The van der Waals surface area contributed by atoms with Gasteiger partial charge in [0.2, 0.25) is 0 Å². The van der Waals surface area contributed by atoms with Gasteiger partial charge in [0.1, 0.15) is 12.4 Å². The first-order valence-corrected chi connectivity index (χ1v) is 8.74. The summed E-state index contributed by atoms with van der Waals surface area (Å²) in [5, 5.41) is 4.21. The molecule has 2 heterocycles. The summed E-state index contributed by atoms with van der Waals surface area (Å²) < 4.78 is 22.6. The molecule has 0 bridgehead atoms. The number of carbonyl (C=O) groups excluding carboxylic acids is 2. The molecular weight excluding hydrogens is 359 g/mol. The predicted octanol–water partition coefficient (Wildman–Crippen LogP) is 2.28. The smallest absolute Gasteiger partial charge is 0.325 e. The minimum atomic E-state index is -0.562. The lowest BCUT2D eigenvalue weighted by molar-refractivity contribution is -0.141. The molecule has 0 N–H and O–H groups in total. The lowest BCUT2D eigenvalue weighted by Gasteiger charge is -2.04. The van der Waals surface area contributed by atoms with Crippen molar-refractivity contribution in [3.63, 3.8) is 0 Å². The van der Waals surface area contributed by atoms with Crippen molar-refractivity contribution in [2.24, 2.45) is 4.99 Å². The Morgan fingerprint density at radius 2 is 2.15 bits per heavy atom. The summed E-state index contributed by atoms with van der Waals surface area (Å²) >= 11 is 1.12. The van der Waals surface area contributed by atoms with Crippen molar-refractivity contribution >= 4 is 33.4 Å². The van der Waals surface area contributed by atoms with Gasteiger partial charge >= 0.3 is 5.97 Å². The molecule has 3 rings (SSSR count). The Balaban J connectivity index is 2.14. The Bertz CT molecular complexity index is 1060. The Morgan fingerprint density at radius 3 is 2.81 bits per heavy atom. The molecule has 0 atom stereocenters. The fraction of sp³-hybridized carbons (Fsp3) is 0.294. The Morgan fingerprint density at radius 1 is 1.38 bits per heavy atom. The molecular formula is C17H17FN4O3S. The Hall–Kier alpha value is -2.81. The summed E-state index contributed by atoms with van der Waals surface area (Å²) in [6, 6.07) is 6.21. The lowest BCUT2D eigenvalue weighted by atomic mass is 10.3. The van der Waals surface area contributed by atoms with Gasteiger partial charge in [0.15, 0.2) is 10.5 Å². The van der Waals surface area contributed by atoms with E-state index in [4.69, 9.17) is 0 Å². The highest BCUT2D eigenvalue weighted by atomic mass is 32.1. The second kappa shape index (κ2) is 7.20. The maximum atomic E-state index is 14.3. The summed E-state index contributed by atoms with van der Waals surface area (Å²) in [5.74, 6) is -1.61. The van der Waals surface area contributed by atoms with E-state index in [9.17, 15) is 14.0 Å². The van der Waals surface area contributed by atoms with Gasteiger partial charge in [0.05, 0.1) is 17.3 Å². The molecule has 3 aromatic rings. The number of carbonyl (C=O) groups is 2. The molecule has 0 aliphatic heterocycles. The topological polar surface area (TPSA) is 78.5 Å². The van der Waals surface area contributed by atoms with Crippen LogP contribution >= 0.6 is 11.3 Å². The summed E-state index contributed by atoms with van der Waals surface area (Å²) in [6.07, 6.45) is 0. The first-order valence-electron chi connectivity index (χ1n) is 7.92. The number of thiazole rings is 1. The summed E-state index contributed by atoms with van der Waals surface area (Å²) in [5.41, 5.74) is 1.26. The number of nitrogens with zero attached hydrogens (tertiary/aromatic N) is 4. The molecule has 9 heteroatoms. The average Bonchev–Trinajstić information content (AvgIpc) is 3.16. The molecule has 136 valence electrons. The highest BCUT2D eigenvalue weighted by Crippen LogP contribution is 2.20. The van der Waals surface area contributed by atoms with Gasteiger partial charge in [-0.1, -0.05) is 17.4 Å². The van der Waals surface area contributed by atoms with E-state index in [1.807, 2.05) is 13.8 Å². The Labute approximate surface area is 152 Å². The maximum Gasteiger partial charge on any atom is 0.325 e. The third-order valence-corrected chi connectivity index (χ3v) is 4.91. The highest BCUT2D eigenvalue weighted by Gasteiger charge is 2.16. The minimum Gasteiger partial charge on any atom is -0.468 e. The van der Waals surface area contributed by atoms with Gasteiger partial charge in [-0.05, 0) is 32.0 Å². The van der Waals surface area contributed by atoms with E-state index in [1.54, 1.807) is 22.9 Å². The van der Waals surface area contributed by atoms with E-state index in [-0.39, 0.29) is 22.6 Å². The summed E-state index contributed by atoms with van der Waals surface area (Å²) in [4.78, 5) is 28.5. The van der Waals surface area contributed by atoms with Crippen LogP contribution < -0.4 is 4.80 Å². The fourth-order valence-corrected chi connectivity index (χ4v) is 3.63. The number of aromatic nitrogens is 3. The van der Waals surface area contributed by atoms with Gasteiger partial charge in [0, 0.05) is 12.2 Å². The number of hydrogen-bond donors (Lipinski definition) is 0. The SMILES string of the molecule is CCn1nc(C(=O)N=c2sc3cccc(F)c3n2CC(=O)OC)cc1C. The van der Waals surface area contributed by atoms with Crippen LogP contribution in [0.2, 0.25) is 0 Å². The van der Waals surface area contributed by atoms with Crippen molar-refractivity contribution < 1.29 is 18.7 Å². The molecule has 0 aliphatic rings. The highest BCUT2D eigenvalue weighted by molar-refractivity contribution is 7.16. The van der Waals surface area contributed by atoms with Crippen molar-refractivity contribution in [2.45, 2.75) is 26.9 Å². The number of esters is 1. The quantitative estimate of drug-likeness (QED) is 0.655. The number of halogens is 1. The van der Waals surface area contributed by atoms with Crippen LogP contribution in [0.4, 0.5) is 4.39 Å². The minimum absolute atomic E-state index is 0.201. The normalized spacial score (nSPS) is 11.9. The predicted molar refractivity (Wildman–Crippen MR) is 94.3 cm³/mol. The van der Waals surface area contributed by atoms with Gasteiger partial charge < -0.3 is 9.30 Å². The molecule has 0 unspecified atom stereocenters. The average molecular weight is 376 g/mol. The molecule has 0 aliphatic carbocycles. The third kappa shape index (κ3) is 3.30.